The van der Waals surface area contributed by atoms with Crippen molar-refractivity contribution in [3.05, 3.63) is 5.82 Å². The smallest absolute Gasteiger partial charge is 0.225 e. The van der Waals surface area contributed by atoms with Crippen molar-refractivity contribution in [1.29, 1.82) is 0 Å². The molecule has 1 saturated heterocycles. The Hall–Kier alpha value is -1.17. The third-order valence-electron chi connectivity index (χ3n) is 4.09. The maximum atomic E-state index is 12.2. The van der Waals surface area contributed by atoms with Gasteiger partial charge in [0.05, 0.1) is 0 Å². The van der Waals surface area contributed by atoms with E-state index in [2.05, 4.69) is 30.0 Å². The van der Waals surface area contributed by atoms with E-state index < -0.39 is 0 Å². The molecule has 2 fully saturated rings. The van der Waals surface area contributed by atoms with Crippen molar-refractivity contribution in [3.8, 4) is 0 Å². The number of anilines is 1. The van der Waals surface area contributed by atoms with Gasteiger partial charge in [-0.05, 0) is 19.3 Å². The molecular weight excluding hydrogens is 284 g/mol. The standard InChI is InChI=1S/C15H24N4OS/c1-15(2,3)13-16-14(21-17-13)19-8-4-7-18(9-10-19)12(20)11-5-6-11/h11H,4-10H2,1-3H3. The molecule has 0 radical (unpaired) electrons. The molecule has 1 saturated carbocycles. The van der Waals surface area contributed by atoms with Crippen molar-refractivity contribution in [2.24, 2.45) is 5.92 Å². The molecule has 116 valence electrons. The van der Waals surface area contributed by atoms with Crippen LogP contribution in [0, 0.1) is 5.92 Å². The van der Waals surface area contributed by atoms with Crippen molar-refractivity contribution in [3.63, 3.8) is 0 Å². The van der Waals surface area contributed by atoms with Gasteiger partial charge < -0.3 is 9.80 Å². The van der Waals surface area contributed by atoms with E-state index in [4.69, 9.17) is 4.98 Å². The van der Waals surface area contributed by atoms with Gasteiger partial charge in [-0.15, -0.1) is 0 Å². The molecule has 1 aliphatic carbocycles. The van der Waals surface area contributed by atoms with Gasteiger partial charge in [-0.25, -0.2) is 4.98 Å². The highest BCUT2D eigenvalue weighted by Gasteiger charge is 2.34. The van der Waals surface area contributed by atoms with E-state index in [1.165, 1.54) is 11.5 Å². The fraction of sp³-hybridized carbons (Fsp3) is 0.800. The second-order valence-corrected chi connectivity index (χ2v) is 7.82. The van der Waals surface area contributed by atoms with Crippen molar-refractivity contribution in [2.45, 2.75) is 45.4 Å². The Morgan fingerprint density at radius 1 is 1.19 bits per heavy atom. The molecule has 6 heteroatoms. The number of rotatable bonds is 2. The van der Waals surface area contributed by atoms with Gasteiger partial charge in [0.25, 0.3) is 0 Å². The fourth-order valence-corrected chi connectivity index (χ4v) is 3.47. The van der Waals surface area contributed by atoms with Gasteiger partial charge in [-0.1, -0.05) is 20.8 Å². The maximum absolute atomic E-state index is 12.2. The zero-order valence-corrected chi connectivity index (χ0v) is 13.9. The highest BCUT2D eigenvalue weighted by atomic mass is 32.1. The zero-order chi connectivity index (χ0) is 15.0. The first kappa shape index (κ1) is 14.8. The predicted molar refractivity (Wildman–Crippen MR) is 84.7 cm³/mol. The third kappa shape index (κ3) is 3.36. The SMILES string of the molecule is CC(C)(C)c1nsc(N2CCCN(C(=O)C3CC3)CC2)n1. The molecule has 0 spiro atoms. The van der Waals surface area contributed by atoms with Gasteiger partial charge in [0.1, 0.15) is 5.82 Å². The van der Waals surface area contributed by atoms with Crippen LogP contribution in [0.2, 0.25) is 0 Å². The number of nitrogens with zero attached hydrogens (tertiary/aromatic N) is 4. The van der Waals surface area contributed by atoms with Crippen LogP contribution in [0.4, 0.5) is 5.13 Å². The first-order valence-electron chi connectivity index (χ1n) is 7.83. The van der Waals surface area contributed by atoms with Crippen LogP contribution in [-0.4, -0.2) is 46.3 Å². The van der Waals surface area contributed by atoms with E-state index in [0.29, 0.717) is 11.8 Å². The summed E-state index contributed by atoms with van der Waals surface area (Å²) in [4.78, 5) is 21.2. The summed E-state index contributed by atoms with van der Waals surface area (Å²) >= 11 is 1.48. The van der Waals surface area contributed by atoms with Crippen molar-refractivity contribution in [1.82, 2.24) is 14.3 Å². The highest BCUT2D eigenvalue weighted by molar-refractivity contribution is 7.09. The van der Waals surface area contributed by atoms with Crippen LogP contribution < -0.4 is 4.90 Å². The predicted octanol–water partition coefficient (Wildman–Crippen LogP) is 2.28. The number of aromatic nitrogens is 2. The lowest BCUT2D eigenvalue weighted by molar-refractivity contribution is -0.132. The Labute approximate surface area is 130 Å². The largest absolute Gasteiger partial charge is 0.345 e. The lowest BCUT2D eigenvalue weighted by atomic mass is 9.96. The molecule has 0 N–H and O–H groups in total. The van der Waals surface area contributed by atoms with Crippen molar-refractivity contribution < 1.29 is 4.79 Å². The van der Waals surface area contributed by atoms with Crippen LogP contribution in [0.25, 0.3) is 0 Å². The second-order valence-electron chi connectivity index (χ2n) is 7.09. The summed E-state index contributed by atoms with van der Waals surface area (Å²) in [5, 5.41) is 1.00. The molecule has 2 heterocycles. The minimum absolute atomic E-state index is 0.00538. The zero-order valence-electron chi connectivity index (χ0n) is 13.1. The molecule has 1 aliphatic heterocycles. The summed E-state index contributed by atoms with van der Waals surface area (Å²) in [6.45, 7) is 9.95. The number of hydrogen-bond acceptors (Lipinski definition) is 5. The van der Waals surface area contributed by atoms with E-state index >= 15 is 0 Å². The topological polar surface area (TPSA) is 49.3 Å². The molecular formula is C15H24N4OS. The van der Waals surface area contributed by atoms with Crippen LogP contribution in [0.3, 0.4) is 0 Å². The molecule has 3 rings (SSSR count). The van der Waals surface area contributed by atoms with Crippen molar-refractivity contribution >= 4 is 22.6 Å². The van der Waals surface area contributed by atoms with Gasteiger partial charge in [-0.2, -0.15) is 4.37 Å². The molecule has 5 nitrogen and oxygen atoms in total. The van der Waals surface area contributed by atoms with Crippen LogP contribution in [0.5, 0.6) is 0 Å². The van der Waals surface area contributed by atoms with Gasteiger partial charge in [-0.3, -0.25) is 4.79 Å². The summed E-state index contributed by atoms with van der Waals surface area (Å²) in [6, 6.07) is 0. The van der Waals surface area contributed by atoms with Gasteiger partial charge in [0.2, 0.25) is 11.0 Å². The van der Waals surface area contributed by atoms with E-state index in [-0.39, 0.29) is 5.41 Å². The van der Waals surface area contributed by atoms with E-state index in [1.807, 2.05) is 4.90 Å². The van der Waals surface area contributed by atoms with Gasteiger partial charge in [0, 0.05) is 49.0 Å². The first-order valence-corrected chi connectivity index (χ1v) is 8.60. The van der Waals surface area contributed by atoms with E-state index in [1.54, 1.807) is 0 Å². The summed E-state index contributed by atoms with van der Waals surface area (Å²) in [5.74, 6) is 1.60. The molecule has 1 aromatic heterocycles. The van der Waals surface area contributed by atoms with Gasteiger partial charge in [0.15, 0.2) is 0 Å². The highest BCUT2D eigenvalue weighted by Crippen LogP contribution is 2.31. The average Bonchev–Trinajstić information content (AvgIpc) is 3.19. The summed E-state index contributed by atoms with van der Waals surface area (Å²) < 4.78 is 4.49. The molecule has 0 aromatic carbocycles. The van der Waals surface area contributed by atoms with Crippen LogP contribution >= 0.6 is 11.5 Å². The molecule has 1 aromatic rings. The quantitative estimate of drug-likeness (QED) is 0.841. The molecule has 0 atom stereocenters. The Kier molecular flexibility index (Phi) is 3.90. The average molecular weight is 308 g/mol. The van der Waals surface area contributed by atoms with E-state index in [9.17, 15) is 4.79 Å². The Balaban J connectivity index is 1.64. The second kappa shape index (κ2) is 5.55. The number of hydrogen-bond donors (Lipinski definition) is 0. The minimum atomic E-state index is -0.00538. The molecule has 2 aliphatic rings. The van der Waals surface area contributed by atoms with Crippen LogP contribution in [0.1, 0.15) is 45.9 Å². The molecule has 21 heavy (non-hydrogen) atoms. The summed E-state index contributed by atoms with van der Waals surface area (Å²) in [5.41, 5.74) is -0.00538. The monoisotopic (exact) mass is 308 g/mol. The molecule has 0 bridgehead atoms. The van der Waals surface area contributed by atoms with Crippen molar-refractivity contribution in [2.75, 3.05) is 31.1 Å². The van der Waals surface area contributed by atoms with Crippen LogP contribution in [-0.2, 0) is 10.2 Å². The summed E-state index contributed by atoms with van der Waals surface area (Å²) in [6.07, 6.45) is 3.19. The molecule has 0 unspecified atom stereocenters. The third-order valence-corrected chi connectivity index (χ3v) is 4.87. The Morgan fingerprint density at radius 2 is 1.95 bits per heavy atom. The molecule has 1 amide bonds. The Bertz CT molecular complexity index is 518. The normalized spacial score (nSPS) is 20.5. The lowest BCUT2D eigenvalue weighted by Gasteiger charge is -2.21. The number of carbonyl (C=O) groups is 1. The van der Waals surface area contributed by atoms with Gasteiger partial charge >= 0.3 is 0 Å². The fourth-order valence-electron chi connectivity index (χ4n) is 2.57. The lowest BCUT2D eigenvalue weighted by Crippen LogP contribution is -2.36. The van der Waals surface area contributed by atoms with E-state index in [0.717, 1.165) is 56.4 Å². The first-order chi connectivity index (χ1) is 9.95. The Morgan fingerprint density at radius 3 is 2.57 bits per heavy atom. The number of carbonyl (C=O) groups excluding carboxylic acids is 1. The summed E-state index contributed by atoms with van der Waals surface area (Å²) in [7, 11) is 0. The minimum Gasteiger partial charge on any atom is -0.345 e. The van der Waals surface area contributed by atoms with Crippen LogP contribution in [0.15, 0.2) is 0 Å². The maximum Gasteiger partial charge on any atom is 0.225 e. The number of amides is 1.